The van der Waals surface area contributed by atoms with E-state index in [1.807, 2.05) is 0 Å². The lowest BCUT2D eigenvalue weighted by atomic mass is 9.79. The fourth-order valence-corrected chi connectivity index (χ4v) is 3.07. The molecule has 2 aliphatic carbocycles. The Morgan fingerprint density at radius 3 is 2.30 bits per heavy atom. The predicted molar refractivity (Wildman–Crippen MR) is 56.9 cm³/mol. The molecule has 2 rings (SSSR count). The first-order chi connectivity index (χ1) is 8.93. The van der Waals surface area contributed by atoms with E-state index in [1.165, 1.54) is 6.92 Å². The van der Waals surface area contributed by atoms with Gasteiger partial charge in [0.25, 0.3) is 5.92 Å². The van der Waals surface area contributed by atoms with E-state index in [4.69, 9.17) is 4.74 Å². The second kappa shape index (κ2) is 4.16. The number of ether oxygens (including phenoxy) is 1. The van der Waals surface area contributed by atoms with Crippen molar-refractivity contribution < 1.29 is 36.6 Å². The number of hydrogen-bond donors (Lipinski definition) is 1. The highest BCUT2D eigenvalue weighted by Gasteiger charge is 2.82. The van der Waals surface area contributed by atoms with E-state index in [1.54, 1.807) is 0 Å². The van der Waals surface area contributed by atoms with Gasteiger partial charge in [0, 0.05) is 11.5 Å². The van der Waals surface area contributed by atoms with Crippen LogP contribution in [0.1, 0.15) is 19.8 Å². The molecule has 0 aliphatic heterocycles. The zero-order chi connectivity index (χ0) is 15.5. The number of aliphatic hydroxyl groups is 1. The fourth-order valence-electron chi connectivity index (χ4n) is 3.07. The van der Waals surface area contributed by atoms with Crippen molar-refractivity contribution in [3.05, 3.63) is 12.2 Å². The van der Waals surface area contributed by atoms with Crippen LogP contribution in [0.15, 0.2) is 12.2 Å². The maximum absolute atomic E-state index is 13.9. The third-order valence-corrected chi connectivity index (χ3v) is 4.11. The van der Waals surface area contributed by atoms with Crippen molar-refractivity contribution in [1.82, 2.24) is 0 Å². The maximum Gasteiger partial charge on any atom is 0.423 e. The number of carbonyl (C=O) groups is 1. The Bertz CT molecular complexity index is 458. The minimum absolute atomic E-state index is 0.0258. The average molecular weight is 300 g/mol. The highest BCUT2D eigenvalue weighted by atomic mass is 19.4. The van der Waals surface area contributed by atoms with Crippen molar-refractivity contribution in [3.8, 4) is 0 Å². The van der Waals surface area contributed by atoms with Gasteiger partial charge in [-0.05, 0) is 19.8 Å². The van der Waals surface area contributed by atoms with E-state index in [9.17, 15) is 31.9 Å². The molecule has 20 heavy (non-hydrogen) atoms. The van der Waals surface area contributed by atoms with Gasteiger partial charge in [-0.15, -0.1) is 0 Å². The van der Waals surface area contributed by atoms with E-state index in [-0.39, 0.29) is 5.57 Å². The standard InChI is InChI=1S/C12H13F5O3/c1-5(2)9(18)20-8-4-6-3-7(8)11(13,14)10(6,19)12(15,16)17/h6-8,19H,1,3-4H2,2H3. The zero-order valence-electron chi connectivity index (χ0n) is 10.5. The molecule has 2 bridgehead atoms. The molecular weight excluding hydrogens is 287 g/mol. The van der Waals surface area contributed by atoms with Crippen molar-refractivity contribution in [2.75, 3.05) is 0 Å². The average Bonchev–Trinajstić information content (AvgIpc) is 2.76. The number of hydrogen-bond acceptors (Lipinski definition) is 3. The molecule has 0 aromatic carbocycles. The molecule has 0 spiro atoms. The van der Waals surface area contributed by atoms with Gasteiger partial charge in [0.05, 0.1) is 5.92 Å². The van der Waals surface area contributed by atoms with Crippen LogP contribution in [0, 0.1) is 11.8 Å². The van der Waals surface area contributed by atoms with E-state index in [0.29, 0.717) is 0 Å². The van der Waals surface area contributed by atoms with Crippen LogP contribution in [0.3, 0.4) is 0 Å². The van der Waals surface area contributed by atoms with E-state index in [0.717, 1.165) is 0 Å². The lowest BCUT2D eigenvalue weighted by Crippen LogP contribution is -2.64. The molecule has 1 N–H and O–H groups in total. The second-order valence-corrected chi connectivity index (χ2v) is 5.39. The molecule has 0 radical (unpaired) electrons. The Labute approximate surface area is 111 Å². The van der Waals surface area contributed by atoms with Crippen molar-refractivity contribution in [3.63, 3.8) is 0 Å². The third-order valence-electron chi connectivity index (χ3n) is 4.11. The lowest BCUT2D eigenvalue weighted by molar-refractivity contribution is -0.352. The van der Waals surface area contributed by atoms with Crippen LogP contribution in [0.2, 0.25) is 0 Å². The summed E-state index contributed by atoms with van der Waals surface area (Å²) < 4.78 is 70.8. The summed E-state index contributed by atoms with van der Waals surface area (Å²) in [5, 5.41) is 9.47. The summed E-state index contributed by atoms with van der Waals surface area (Å²) >= 11 is 0. The molecule has 0 heterocycles. The Morgan fingerprint density at radius 2 is 1.90 bits per heavy atom. The molecule has 8 heteroatoms. The van der Waals surface area contributed by atoms with Gasteiger partial charge in [-0.2, -0.15) is 13.2 Å². The van der Waals surface area contributed by atoms with Gasteiger partial charge < -0.3 is 9.84 Å². The number of halogens is 5. The fraction of sp³-hybridized carbons (Fsp3) is 0.750. The van der Waals surface area contributed by atoms with E-state index < -0.39 is 54.5 Å². The van der Waals surface area contributed by atoms with Crippen molar-refractivity contribution in [1.29, 1.82) is 0 Å². The predicted octanol–water partition coefficient (Wildman–Crippen LogP) is 2.44. The molecule has 114 valence electrons. The summed E-state index contributed by atoms with van der Waals surface area (Å²) in [6.45, 7) is 4.58. The van der Waals surface area contributed by atoms with Crippen LogP contribution in [0.25, 0.3) is 0 Å². The molecule has 2 aliphatic rings. The third kappa shape index (κ3) is 1.77. The molecule has 0 amide bonds. The Kier molecular flexibility index (Phi) is 3.16. The van der Waals surface area contributed by atoms with Crippen molar-refractivity contribution in [2.45, 2.75) is 43.6 Å². The molecular formula is C12H13F5O3. The maximum atomic E-state index is 13.9. The molecule has 2 fully saturated rings. The number of fused-ring (bicyclic) bond motifs is 2. The minimum atomic E-state index is -5.43. The van der Waals surface area contributed by atoms with Gasteiger partial charge in [-0.3, -0.25) is 0 Å². The van der Waals surface area contributed by atoms with Crippen molar-refractivity contribution >= 4 is 5.97 Å². The Hall–Kier alpha value is -1.18. The number of esters is 1. The van der Waals surface area contributed by atoms with Crippen molar-refractivity contribution in [2.24, 2.45) is 11.8 Å². The largest absolute Gasteiger partial charge is 0.458 e. The zero-order valence-corrected chi connectivity index (χ0v) is 10.5. The molecule has 4 atom stereocenters. The van der Waals surface area contributed by atoms with Gasteiger partial charge in [0.1, 0.15) is 6.10 Å². The van der Waals surface area contributed by atoms with E-state index in [2.05, 4.69) is 6.58 Å². The highest BCUT2D eigenvalue weighted by Crippen LogP contribution is 2.64. The highest BCUT2D eigenvalue weighted by molar-refractivity contribution is 5.87. The van der Waals surface area contributed by atoms with Gasteiger partial charge in [0.15, 0.2) is 0 Å². The number of carbonyl (C=O) groups excluding carboxylic acids is 1. The van der Waals surface area contributed by atoms with Crippen LogP contribution in [-0.2, 0) is 9.53 Å². The van der Waals surface area contributed by atoms with Crippen LogP contribution >= 0.6 is 0 Å². The Morgan fingerprint density at radius 1 is 1.35 bits per heavy atom. The Balaban J connectivity index is 2.25. The summed E-state index contributed by atoms with van der Waals surface area (Å²) in [7, 11) is 0. The van der Waals surface area contributed by atoms with Crippen LogP contribution in [0.5, 0.6) is 0 Å². The topological polar surface area (TPSA) is 46.5 Å². The van der Waals surface area contributed by atoms with Gasteiger partial charge in [-0.1, -0.05) is 6.58 Å². The van der Waals surface area contributed by atoms with E-state index >= 15 is 0 Å². The monoisotopic (exact) mass is 300 g/mol. The second-order valence-electron chi connectivity index (χ2n) is 5.39. The summed E-state index contributed by atoms with van der Waals surface area (Å²) in [6.07, 6.45) is -7.73. The first-order valence-corrected chi connectivity index (χ1v) is 5.96. The molecule has 0 aromatic rings. The molecule has 2 saturated carbocycles. The summed E-state index contributed by atoms with van der Waals surface area (Å²) in [6, 6.07) is 0. The minimum Gasteiger partial charge on any atom is -0.458 e. The molecule has 0 aromatic heterocycles. The molecule has 4 unspecified atom stereocenters. The van der Waals surface area contributed by atoms with Crippen LogP contribution in [-0.4, -0.2) is 34.9 Å². The van der Waals surface area contributed by atoms with Crippen LogP contribution in [0.4, 0.5) is 22.0 Å². The van der Waals surface area contributed by atoms with Gasteiger partial charge in [-0.25, -0.2) is 13.6 Å². The van der Waals surface area contributed by atoms with Crippen LogP contribution < -0.4 is 0 Å². The van der Waals surface area contributed by atoms with Gasteiger partial charge >= 0.3 is 12.1 Å². The summed E-state index contributed by atoms with van der Waals surface area (Å²) in [4.78, 5) is 11.3. The number of alkyl halides is 5. The lowest BCUT2D eigenvalue weighted by Gasteiger charge is -2.42. The first kappa shape index (κ1) is 15.2. The normalized spacial score (nSPS) is 38.9. The smallest absolute Gasteiger partial charge is 0.423 e. The summed E-state index contributed by atoms with van der Waals surface area (Å²) in [5.41, 5.74) is -4.07. The SMILES string of the molecule is C=C(C)C(=O)OC1CC2CC1C(F)(F)C2(O)C(F)(F)F. The van der Waals surface area contributed by atoms with Gasteiger partial charge in [0.2, 0.25) is 5.60 Å². The quantitative estimate of drug-likeness (QED) is 0.484. The number of rotatable bonds is 2. The molecule has 0 saturated heterocycles. The molecule has 3 nitrogen and oxygen atoms in total. The summed E-state index contributed by atoms with van der Waals surface area (Å²) in [5.74, 6) is -8.81. The first-order valence-electron chi connectivity index (χ1n) is 5.96.